The number of ether oxygens (including phenoxy) is 1. The van der Waals surface area contributed by atoms with Crippen molar-refractivity contribution in [2.45, 2.75) is 39.7 Å². The minimum atomic E-state index is -1.11. The highest BCUT2D eigenvalue weighted by Crippen LogP contribution is 2.38. The Kier molecular flexibility index (Phi) is 5.10. The minimum absolute atomic E-state index is 0.0270. The van der Waals surface area contributed by atoms with Crippen LogP contribution < -0.4 is 10.2 Å². The topological polar surface area (TPSA) is 87.6 Å². The molecule has 0 saturated heterocycles. The highest BCUT2D eigenvalue weighted by molar-refractivity contribution is 5.90. The van der Waals surface area contributed by atoms with Crippen LogP contribution in [-0.4, -0.2) is 27.7 Å². The maximum atomic E-state index is 13.6. The van der Waals surface area contributed by atoms with Crippen LogP contribution >= 0.6 is 0 Å². The molecule has 2 N–H and O–H groups in total. The fraction of sp³-hybridized carbons (Fsp3) is 0.421. The van der Waals surface area contributed by atoms with Crippen LogP contribution in [0.1, 0.15) is 39.7 Å². The summed E-state index contributed by atoms with van der Waals surface area (Å²) < 4.78 is 32.6. The Balaban J connectivity index is 1.97. The number of carbonyl (C=O) groups excluding carboxylic acids is 1. The summed E-state index contributed by atoms with van der Waals surface area (Å²) in [5, 5.41) is 11.9. The van der Waals surface area contributed by atoms with Crippen molar-refractivity contribution in [3.63, 3.8) is 0 Å². The molecule has 0 unspecified atom stereocenters. The van der Waals surface area contributed by atoms with Crippen LogP contribution in [-0.2, 0) is 10.3 Å². The third kappa shape index (κ3) is 3.83. The number of rotatable bonds is 5. The third-order valence-corrected chi connectivity index (χ3v) is 4.44. The van der Waals surface area contributed by atoms with Gasteiger partial charge < -0.3 is 15.2 Å². The van der Waals surface area contributed by atoms with Crippen molar-refractivity contribution >= 4 is 23.5 Å². The summed E-state index contributed by atoms with van der Waals surface area (Å²) in [6.45, 7) is 7.98. The number of nitrogens with zero attached hydrogens (tertiary/aromatic N) is 3. The van der Waals surface area contributed by atoms with Gasteiger partial charge in [-0.3, -0.25) is 4.90 Å². The molecular formula is C19H22F2N4O3. The predicted molar refractivity (Wildman–Crippen MR) is 99.6 cm³/mol. The maximum absolute atomic E-state index is 13.6. The second-order valence-electron chi connectivity index (χ2n) is 7.56. The van der Waals surface area contributed by atoms with Crippen molar-refractivity contribution in [3.8, 4) is 5.75 Å². The Morgan fingerprint density at radius 1 is 1.29 bits per heavy atom. The average molecular weight is 392 g/mol. The molecule has 7 nitrogen and oxygen atoms in total. The molecule has 0 radical (unpaired) electrons. The Labute approximate surface area is 161 Å². The third-order valence-electron chi connectivity index (χ3n) is 4.44. The van der Waals surface area contributed by atoms with Crippen molar-refractivity contribution in [2.75, 3.05) is 16.8 Å². The molecule has 2 aromatic rings. The predicted octanol–water partition coefficient (Wildman–Crippen LogP) is 4.44. The smallest absolute Gasteiger partial charge is 0.416 e. The van der Waals surface area contributed by atoms with Crippen molar-refractivity contribution in [3.05, 3.63) is 35.5 Å². The van der Waals surface area contributed by atoms with E-state index in [2.05, 4.69) is 15.3 Å². The number of nitrogens with one attached hydrogen (secondary N) is 1. The van der Waals surface area contributed by atoms with Crippen molar-refractivity contribution in [1.29, 1.82) is 0 Å². The molecule has 3 rings (SSSR count). The first kappa shape index (κ1) is 19.8. The number of halogens is 2. The summed E-state index contributed by atoms with van der Waals surface area (Å²) >= 11 is 0. The number of fused-ring (bicyclic) bond motifs is 1. The summed E-state index contributed by atoms with van der Waals surface area (Å²) in [4.78, 5) is 22.5. The standard InChI is InChI=1S/C19H22F2N4O3/c1-10(2)5-6-25-16-12(19(3,4)28-18(25)27)9-22-17(24-16)23-11-7-13(20)15(26)14(21)8-11/h7-10,26H,5-6H2,1-4H3,(H,22,23,24). The number of hydrogen-bond donors (Lipinski definition) is 2. The van der Waals surface area contributed by atoms with Gasteiger partial charge in [-0.05, 0) is 26.2 Å². The molecule has 0 aliphatic carbocycles. The van der Waals surface area contributed by atoms with E-state index in [0.717, 1.165) is 18.6 Å². The first-order valence-corrected chi connectivity index (χ1v) is 8.91. The zero-order valence-corrected chi connectivity index (χ0v) is 16.1. The van der Waals surface area contributed by atoms with Crippen molar-refractivity contribution in [2.24, 2.45) is 5.92 Å². The summed E-state index contributed by atoms with van der Waals surface area (Å²) in [5.41, 5.74) is -0.251. The quantitative estimate of drug-likeness (QED) is 0.732. The van der Waals surface area contributed by atoms with E-state index in [1.807, 2.05) is 13.8 Å². The van der Waals surface area contributed by atoms with Gasteiger partial charge in [0.05, 0.1) is 5.56 Å². The number of benzene rings is 1. The first-order chi connectivity index (χ1) is 13.1. The number of hydrogen-bond acceptors (Lipinski definition) is 6. The fourth-order valence-electron chi connectivity index (χ4n) is 2.83. The van der Waals surface area contributed by atoms with E-state index in [1.165, 1.54) is 11.1 Å². The maximum Gasteiger partial charge on any atom is 0.416 e. The second-order valence-corrected chi connectivity index (χ2v) is 7.56. The molecule has 0 spiro atoms. The number of cyclic esters (lactones) is 1. The van der Waals surface area contributed by atoms with Crippen LogP contribution in [0.5, 0.6) is 5.75 Å². The Hall–Kier alpha value is -2.97. The lowest BCUT2D eigenvalue weighted by Gasteiger charge is -2.37. The summed E-state index contributed by atoms with van der Waals surface area (Å²) in [5.74, 6) is -2.45. The van der Waals surface area contributed by atoms with Crippen LogP contribution in [0.2, 0.25) is 0 Å². The zero-order chi connectivity index (χ0) is 20.6. The van der Waals surface area contributed by atoms with Crippen LogP contribution in [0.15, 0.2) is 18.3 Å². The molecule has 0 bridgehead atoms. The SMILES string of the molecule is CC(C)CCN1C(=O)OC(C)(C)c2cnc(Nc3cc(F)c(O)c(F)c3)nc21. The van der Waals surface area contributed by atoms with Gasteiger partial charge in [-0.2, -0.15) is 4.98 Å². The molecular weight excluding hydrogens is 370 g/mol. The van der Waals surface area contributed by atoms with Gasteiger partial charge in [-0.15, -0.1) is 0 Å². The Morgan fingerprint density at radius 2 is 1.93 bits per heavy atom. The molecule has 1 aromatic carbocycles. The summed E-state index contributed by atoms with van der Waals surface area (Å²) in [6.07, 6.45) is 1.76. The highest BCUT2D eigenvalue weighted by Gasteiger charge is 2.40. The van der Waals surface area contributed by atoms with E-state index in [1.54, 1.807) is 13.8 Å². The van der Waals surface area contributed by atoms with Crippen molar-refractivity contribution in [1.82, 2.24) is 9.97 Å². The van der Waals surface area contributed by atoms with Crippen LogP contribution in [0.25, 0.3) is 0 Å². The molecule has 150 valence electrons. The number of carbonyl (C=O) groups is 1. The monoisotopic (exact) mass is 392 g/mol. The van der Waals surface area contributed by atoms with E-state index < -0.39 is 29.1 Å². The van der Waals surface area contributed by atoms with E-state index in [4.69, 9.17) is 4.74 Å². The highest BCUT2D eigenvalue weighted by atomic mass is 19.1. The number of amides is 1. The molecule has 0 saturated carbocycles. The lowest BCUT2D eigenvalue weighted by Crippen LogP contribution is -2.44. The summed E-state index contributed by atoms with van der Waals surface area (Å²) in [7, 11) is 0. The molecule has 1 amide bonds. The van der Waals surface area contributed by atoms with Gasteiger partial charge in [0.15, 0.2) is 23.2 Å². The van der Waals surface area contributed by atoms with Crippen LogP contribution in [0, 0.1) is 17.6 Å². The number of aromatic nitrogens is 2. The van der Waals surface area contributed by atoms with E-state index in [0.29, 0.717) is 23.8 Å². The zero-order valence-electron chi connectivity index (χ0n) is 16.1. The largest absolute Gasteiger partial charge is 0.503 e. The van der Waals surface area contributed by atoms with Crippen LogP contribution in [0.3, 0.4) is 0 Å². The van der Waals surface area contributed by atoms with Crippen molar-refractivity contribution < 1.29 is 23.4 Å². The normalized spacial score (nSPS) is 15.4. The fourth-order valence-corrected chi connectivity index (χ4v) is 2.83. The lowest BCUT2D eigenvalue weighted by molar-refractivity contribution is 0.0340. The number of phenols is 1. The molecule has 28 heavy (non-hydrogen) atoms. The molecule has 1 aromatic heterocycles. The Morgan fingerprint density at radius 3 is 2.54 bits per heavy atom. The lowest BCUT2D eigenvalue weighted by atomic mass is 9.98. The molecule has 1 aliphatic heterocycles. The van der Waals surface area contributed by atoms with Gasteiger partial charge in [0.25, 0.3) is 0 Å². The first-order valence-electron chi connectivity index (χ1n) is 8.91. The van der Waals surface area contributed by atoms with Gasteiger partial charge in [-0.1, -0.05) is 13.8 Å². The molecule has 9 heteroatoms. The number of anilines is 3. The van der Waals surface area contributed by atoms with Gasteiger partial charge in [0, 0.05) is 30.6 Å². The van der Waals surface area contributed by atoms with Gasteiger partial charge >= 0.3 is 6.09 Å². The van der Waals surface area contributed by atoms with Gasteiger partial charge in [0.1, 0.15) is 5.60 Å². The van der Waals surface area contributed by atoms with Gasteiger partial charge in [0.2, 0.25) is 5.95 Å². The van der Waals surface area contributed by atoms with Crippen LogP contribution in [0.4, 0.5) is 31.0 Å². The molecule has 2 heterocycles. The second kappa shape index (κ2) is 7.21. The molecule has 0 atom stereocenters. The molecule has 1 aliphatic rings. The average Bonchev–Trinajstić information content (AvgIpc) is 2.58. The van der Waals surface area contributed by atoms with E-state index in [9.17, 15) is 18.7 Å². The van der Waals surface area contributed by atoms with E-state index in [-0.39, 0.29) is 11.6 Å². The van der Waals surface area contributed by atoms with Gasteiger partial charge in [-0.25, -0.2) is 18.6 Å². The number of phenolic OH excluding ortho intramolecular Hbond substituents is 1. The summed E-state index contributed by atoms with van der Waals surface area (Å²) in [6, 6.07) is 1.85. The number of aromatic hydroxyl groups is 1. The van der Waals surface area contributed by atoms with E-state index >= 15 is 0 Å². The molecule has 0 fully saturated rings. The minimum Gasteiger partial charge on any atom is -0.503 e. The Bertz CT molecular complexity index is 895.